The van der Waals surface area contributed by atoms with E-state index in [1.807, 2.05) is 12.1 Å². The van der Waals surface area contributed by atoms with Crippen molar-refractivity contribution in [3.63, 3.8) is 0 Å². The van der Waals surface area contributed by atoms with Crippen molar-refractivity contribution < 1.29 is 37.2 Å². The standard InChI is InChI=1S/C16H15NO4.C12H8N2.Cu/c18-13-7-5-11(6-8-13)9-14(16(20)21)17-10-12-3-1-2-4-15(12)19;1-3-9-5-6-10-4-2-8-14-12(10)11(9)13-7-1;/h1-8,10,14,18-19H,9H2,(H,20,21);1-8H;/q;;+2. The van der Waals surface area contributed by atoms with Crippen LogP contribution in [0.4, 0.5) is 0 Å². The molecular weight excluding hydrogens is 506 g/mol. The molecule has 8 heteroatoms. The molecule has 1 atom stereocenters. The molecule has 3 aromatic carbocycles. The van der Waals surface area contributed by atoms with Crippen LogP contribution in [0.1, 0.15) is 11.1 Å². The Morgan fingerprint density at radius 3 is 1.94 bits per heavy atom. The molecule has 0 saturated carbocycles. The molecule has 3 N–H and O–H groups in total. The molecule has 0 spiro atoms. The van der Waals surface area contributed by atoms with Crippen LogP contribution in [0.5, 0.6) is 11.5 Å². The Morgan fingerprint density at radius 1 is 0.806 bits per heavy atom. The molecule has 183 valence electrons. The number of aromatic hydroxyl groups is 2. The number of fused-ring (bicyclic) bond motifs is 3. The number of hydrogen-bond acceptors (Lipinski definition) is 6. The van der Waals surface area contributed by atoms with Crippen molar-refractivity contribution in [2.45, 2.75) is 12.5 Å². The molecule has 2 aromatic heterocycles. The first kappa shape index (κ1) is 26.3. The summed E-state index contributed by atoms with van der Waals surface area (Å²) in [4.78, 5) is 24.0. The van der Waals surface area contributed by atoms with Gasteiger partial charge in [-0.1, -0.05) is 48.5 Å². The summed E-state index contributed by atoms with van der Waals surface area (Å²) in [5.41, 5.74) is 3.18. The fourth-order valence-corrected chi connectivity index (χ4v) is 3.51. The maximum absolute atomic E-state index is 11.3. The Bertz CT molecular complexity index is 1430. The largest absolute Gasteiger partial charge is 2.00 e. The molecule has 5 rings (SSSR count). The number of nitrogens with zero attached hydrogens (tertiary/aromatic N) is 3. The van der Waals surface area contributed by atoms with Crippen LogP contribution in [0, 0.1) is 0 Å². The molecule has 1 unspecified atom stereocenters. The molecule has 7 nitrogen and oxygen atoms in total. The van der Waals surface area contributed by atoms with E-state index in [9.17, 15) is 20.1 Å². The minimum Gasteiger partial charge on any atom is -0.508 e. The van der Waals surface area contributed by atoms with Crippen molar-refractivity contribution in [2.24, 2.45) is 4.99 Å². The zero-order chi connectivity index (χ0) is 24.6. The Morgan fingerprint density at radius 2 is 1.39 bits per heavy atom. The van der Waals surface area contributed by atoms with E-state index >= 15 is 0 Å². The van der Waals surface area contributed by atoms with Gasteiger partial charge in [-0.15, -0.1) is 0 Å². The summed E-state index contributed by atoms with van der Waals surface area (Å²) in [5, 5.41) is 30.3. The van der Waals surface area contributed by atoms with Gasteiger partial charge in [0, 0.05) is 41.4 Å². The molecule has 0 aliphatic carbocycles. The van der Waals surface area contributed by atoms with Crippen molar-refractivity contribution >= 4 is 34.0 Å². The number of phenolic OH excluding ortho intramolecular Hbond substituents is 2. The zero-order valence-electron chi connectivity index (χ0n) is 19.0. The van der Waals surface area contributed by atoms with Gasteiger partial charge in [0.1, 0.15) is 11.5 Å². The molecule has 36 heavy (non-hydrogen) atoms. The van der Waals surface area contributed by atoms with Crippen LogP contribution in [-0.2, 0) is 28.3 Å². The van der Waals surface area contributed by atoms with Gasteiger partial charge in [0.15, 0.2) is 6.04 Å². The molecule has 2 heterocycles. The number of phenols is 2. The van der Waals surface area contributed by atoms with Crippen LogP contribution < -0.4 is 0 Å². The minimum atomic E-state index is -1.05. The van der Waals surface area contributed by atoms with E-state index < -0.39 is 12.0 Å². The zero-order valence-corrected chi connectivity index (χ0v) is 19.9. The second kappa shape index (κ2) is 12.4. The van der Waals surface area contributed by atoms with Crippen LogP contribution in [0.25, 0.3) is 21.8 Å². The number of para-hydroxylation sites is 1. The van der Waals surface area contributed by atoms with E-state index in [4.69, 9.17) is 0 Å². The monoisotopic (exact) mass is 528 g/mol. The van der Waals surface area contributed by atoms with E-state index in [0.717, 1.165) is 27.4 Å². The normalized spacial score (nSPS) is 11.4. The molecule has 0 saturated heterocycles. The number of rotatable bonds is 5. The minimum absolute atomic E-state index is 0. The number of benzene rings is 3. The quantitative estimate of drug-likeness (QED) is 0.168. The Kier molecular flexibility index (Phi) is 9.11. The Balaban J connectivity index is 0.000000208. The second-order valence-corrected chi connectivity index (χ2v) is 7.78. The molecule has 0 amide bonds. The first-order valence-electron chi connectivity index (χ1n) is 10.9. The van der Waals surface area contributed by atoms with Gasteiger partial charge in [-0.2, -0.15) is 0 Å². The fourth-order valence-electron chi connectivity index (χ4n) is 3.51. The van der Waals surface area contributed by atoms with Crippen LogP contribution >= 0.6 is 0 Å². The number of carbonyl (C=O) groups is 1. The summed E-state index contributed by atoms with van der Waals surface area (Å²) in [7, 11) is 0. The second-order valence-electron chi connectivity index (χ2n) is 7.78. The first-order chi connectivity index (χ1) is 17.0. The van der Waals surface area contributed by atoms with Gasteiger partial charge in [-0.25, -0.2) is 4.79 Å². The fraction of sp³-hybridized carbons (Fsp3) is 0.0714. The number of aliphatic imine (C=N–C) groups is 1. The summed E-state index contributed by atoms with van der Waals surface area (Å²) in [5.74, 6) is -0.867. The molecule has 0 aliphatic heterocycles. The van der Waals surface area contributed by atoms with Crippen LogP contribution in [0.2, 0.25) is 0 Å². The Labute approximate surface area is 218 Å². The van der Waals surface area contributed by atoms with Gasteiger partial charge in [-0.3, -0.25) is 15.0 Å². The number of pyridine rings is 2. The smallest absolute Gasteiger partial charge is 0.508 e. The molecule has 5 aromatic rings. The van der Waals surface area contributed by atoms with Crippen molar-refractivity contribution in [3.8, 4) is 11.5 Å². The molecule has 0 bridgehead atoms. The van der Waals surface area contributed by atoms with E-state index in [0.29, 0.717) is 5.56 Å². The van der Waals surface area contributed by atoms with Crippen molar-refractivity contribution in [2.75, 3.05) is 0 Å². The van der Waals surface area contributed by atoms with Crippen LogP contribution in [0.3, 0.4) is 0 Å². The number of hydrogen-bond donors (Lipinski definition) is 3. The predicted molar refractivity (Wildman–Crippen MR) is 136 cm³/mol. The Hall–Kier alpha value is -4.26. The molecule has 0 fully saturated rings. The number of carboxylic acids is 1. The van der Waals surface area contributed by atoms with Gasteiger partial charge in [0.2, 0.25) is 0 Å². The van der Waals surface area contributed by atoms with Gasteiger partial charge >= 0.3 is 23.0 Å². The predicted octanol–water partition coefficient (Wildman–Crippen LogP) is 4.99. The number of aromatic nitrogens is 2. The third-order valence-corrected chi connectivity index (χ3v) is 5.33. The summed E-state index contributed by atoms with van der Waals surface area (Å²) in [6.45, 7) is 0. The molecule has 1 radical (unpaired) electrons. The van der Waals surface area contributed by atoms with E-state index in [-0.39, 0.29) is 35.0 Å². The summed E-state index contributed by atoms with van der Waals surface area (Å²) >= 11 is 0. The topological polar surface area (TPSA) is 116 Å². The first-order valence-corrected chi connectivity index (χ1v) is 10.9. The van der Waals surface area contributed by atoms with Crippen LogP contribution in [-0.4, -0.2) is 43.5 Å². The SMILES string of the molecule is O=C(O)C(Cc1ccc(O)cc1)N=Cc1ccccc1O.[Cu+2].c1cnc2c(c1)ccc1cccnc12. The van der Waals surface area contributed by atoms with E-state index in [2.05, 4.69) is 39.2 Å². The number of carboxylic acid groups (broad SMARTS) is 1. The molecule has 0 aliphatic rings. The van der Waals surface area contributed by atoms with Gasteiger partial charge in [-0.05, 0) is 42.0 Å². The maximum Gasteiger partial charge on any atom is 2.00 e. The van der Waals surface area contributed by atoms with Crippen LogP contribution in [0.15, 0.2) is 102 Å². The summed E-state index contributed by atoms with van der Waals surface area (Å²) in [6.07, 6.45) is 5.17. The molecular formula is C28H23CuN3O4+2. The van der Waals surface area contributed by atoms with Gasteiger partial charge in [0.25, 0.3) is 0 Å². The third-order valence-electron chi connectivity index (χ3n) is 5.33. The van der Waals surface area contributed by atoms with Crippen molar-refractivity contribution in [1.82, 2.24) is 9.97 Å². The average molecular weight is 529 g/mol. The van der Waals surface area contributed by atoms with E-state index in [1.54, 1.807) is 42.7 Å². The van der Waals surface area contributed by atoms with Gasteiger partial charge < -0.3 is 15.3 Å². The van der Waals surface area contributed by atoms with Crippen molar-refractivity contribution in [1.29, 1.82) is 0 Å². The summed E-state index contributed by atoms with van der Waals surface area (Å²) in [6, 6.07) is 24.1. The van der Waals surface area contributed by atoms with Gasteiger partial charge in [0.05, 0.1) is 11.0 Å². The summed E-state index contributed by atoms with van der Waals surface area (Å²) < 4.78 is 0. The third kappa shape index (κ3) is 6.66. The number of aliphatic carboxylic acids is 1. The average Bonchev–Trinajstić information content (AvgIpc) is 2.88. The maximum atomic E-state index is 11.3. The van der Waals surface area contributed by atoms with Crippen molar-refractivity contribution in [3.05, 3.63) is 108 Å². The van der Waals surface area contributed by atoms with E-state index in [1.165, 1.54) is 24.4 Å².